The summed E-state index contributed by atoms with van der Waals surface area (Å²) < 4.78 is 10.6. The van der Waals surface area contributed by atoms with Gasteiger partial charge < -0.3 is 14.8 Å². The molecule has 2 N–H and O–H groups in total. The maximum atomic E-state index is 5.38. The normalized spacial score (nSPS) is 10.3. The summed E-state index contributed by atoms with van der Waals surface area (Å²) in [6.07, 6.45) is 1.66. The number of ether oxygens (including phenoxy) is 2. The first-order valence-electron chi connectivity index (χ1n) is 5.92. The Morgan fingerprint density at radius 2 is 2.11 bits per heavy atom. The molecule has 1 rings (SSSR count). The van der Waals surface area contributed by atoms with Crippen molar-refractivity contribution in [3.05, 3.63) is 23.3 Å². The Hall–Kier alpha value is -1.82. The van der Waals surface area contributed by atoms with Crippen LogP contribution in [0.4, 0.5) is 0 Å². The van der Waals surface area contributed by atoms with E-state index < -0.39 is 0 Å². The van der Waals surface area contributed by atoms with Crippen LogP contribution in [0.5, 0.6) is 11.5 Å². The molecule has 0 fully saturated rings. The minimum atomic E-state index is 0.489. The Kier molecular flexibility index (Phi) is 6.08. The van der Waals surface area contributed by atoms with Gasteiger partial charge in [-0.15, -0.1) is 0 Å². The lowest BCUT2D eigenvalue weighted by molar-refractivity contribution is 0.388. The van der Waals surface area contributed by atoms with E-state index in [1.165, 1.54) is 0 Å². The molecule has 0 saturated carbocycles. The number of hydrazone groups is 1. The maximum absolute atomic E-state index is 5.38. The van der Waals surface area contributed by atoms with Crippen molar-refractivity contribution in [2.75, 3.05) is 20.8 Å². The molecule has 0 saturated heterocycles. The Morgan fingerprint density at radius 3 is 2.68 bits per heavy atom. The van der Waals surface area contributed by atoms with Crippen LogP contribution in [0.15, 0.2) is 17.2 Å². The van der Waals surface area contributed by atoms with E-state index in [2.05, 4.69) is 15.8 Å². The van der Waals surface area contributed by atoms with Gasteiger partial charge in [0.1, 0.15) is 11.5 Å². The summed E-state index contributed by atoms with van der Waals surface area (Å²) in [7, 11) is 3.25. The van der Waals surface area contributed by atoms with Crippen LogP contribution in [-0.2, 0) is 0 Å². The molecule has 1 aromatic carbocycles. The van der Waals surface area contributed by atoms with E-state index in [-0.39, 0.29) is 0 Å². The Labute approximate surface area is 119 Å². The van der Waals surface area contributed by atoms with Gasteiger partial charge in [0.05, 0.1) is 20.4 Å². The molecule has 104 valence electrons. The van der Waals surface area contributed by atoms with Gasteiger partial charge in [-0.2, -0.15) is 5.10 Å². The summed E-state index contributed by atoms with van der Waals surface area (Å²) >= 11 is 5.01. The Bertz CT molecular complexity index is 475. The van der Waals surface area contributed by atoms with Crippen molar-refractivity contribution in [2.24, 2.45) is 5.10 Å². The SMILES string of the molecule is CCNC(=S)N/N=C\c1ccc(OC)c(C)c1OC. The topological polar surface area (TPSA) is 54.9 Å². The highest BCUT2D eigenvalue weighted by molar-refractivity contribution is 7.80. The third-order valence-electron chi connectivity index (χ3n) is 2.52. The molecular formula is C13H19N3O2S. The van der Waals surface area contributed by atoms with Crippen LogP contribution in [-0.4, -0.2) is 32.1 Å². The van der Waals surface area contributed by atoms with Gasteiger partial charge in [-0.3, -0.25) is 5.43 Å². The molecule has 19 heavy (non-hydrogen) atoms. The van der Waals surface area contributed by atoms with Crippen LogP contribution in [0.1, 0.15) is 18.1 Å². The smallest absolute Gasteiger partial charge is 0.186 e. The number of nitrogens with one attached hydrogen (secondary N) is 2. The quantitative estimate of drug-likeness (QED) is 0.490. The average Bonchev–Trinajstić information content (AvgIpc) is 2.39. The fraction of sp³-hybridized carbons (Fsp3) is 0.385. The number of hydrogen-bond acceptors (Lipinski definition) is 4. The van der Waals surface area contributed by atoms with Gasteiger partial charge in [0.15, 0.2) is 5.11 Å². The summed E-state index contributed by atoms with van der Waals surface area (Å²) in [5.41, 5.74) is 4.52. The average molecular weight is 281 g/mol. The summed E-state index contributed by atoms with van der Waals surface area (Å²) in [4.78, 5) is 0. The largest absolute Gasteiger partial charge is 0.496 e. The number of nitrogens with zero attached hydrogens (tertiary/aromatic N) is 1. The summed E-state index contributed by atoms with van der Waals surface area (Å²) in [6.45, 7) is 4.66. The van der Waals surface area contributed by atoms with Crippen molar-refractivity contribution in [3.63, 3.8) is 0 Å². The third kappa shape index (κ3) is 4.10. The van der Waals surface area contributed by atoms with Crippen molar-refractivity contribution in [1.29, 1.82) is 0 Å². The highest BCUT2D eigenvalue weighted by Crippen LogP contribution is 2.30. The molecule has 0 aliphatic carbocycles. The molecule has 1 aromatic rings. The van der Waals surface area contributed by atoms with Crippen LogP contribution in [0.2, 0.25) is 0 Å². The van der Waals surface area contributed by atoms with Crippen LogP contribution < -0.4 is 20.2 Å². The van der Waals surface area contributed by atoms with Crippen LogP contribution in [0.3, 0.4) is 0 Å². The van der Waals surface area contributed by atoms with E-state index in [1.54, 1.807) is 20.4 Å². The van der Waals surface area contributed by atoms with Gasteiger partial charge in [-0.25, -0.2) is 0 Å². The number of thiocarbonyl (C=S) groups is 1. The van der Waals surface area contributed by atoms with Gasteiger partial charge >= 0.3 is 0 Å². The maximum Gasteiger partial charge on any atom is 0.186 e. The molecule has 0 amide bonds. The van der Waals surface area contributed by atoms with E-state index >= 15 is 0 Å². The lowest BCUT2D eigenvalue weighted by Crippen LogP contribution is -2.31. The van der Waals surface area contributed by atoms with Gasteiger partial charge in [0, 0.05) is 17.7 Å². The monoisotopic (exact) mass is 281 g/mol. The van der Waals surface area contributed by atoms with E-state index in [0.717, 1.165) is 29.2 Å². The lowest BCUT2D eigenvalue weighted by atomic mass is 10.1. The van der Waals surface area contributed by atoms with Crippen LogP contribution in [0.25, 0.3) is 0 Å². The van der Waals surface area contributed by atoms with Crippen molar-refractivity contribution < 1.29 is 9.47 Å². The van der Waals surface area contributed by atoms with E-state index in [0.29, 0.717) is 5.11 Å². The van der Waals surface area contributed by atoms with Crippen molar-refractivity contribution in [2.45, 2.75) is 13.8 Å². The molecule has 0 heterocycles. The summed E-state index contributed by atoms with van der Waals surface area (Å²) in [5, 5.41) is 7.50. The molecule has 0 spiro atoms. The van der Waals surface area contributed by atoms with Crippen LogP contribution >= 0.6 is 12.2 Å². The zero-order chi connectivity index (χ0) is 14.3. The van der Waals surface area contributed by atoms with E-state index in [4.69, 9.17) is 21.7 Å². The second-order valence-electron chi connectivity index (χ2n) is 3.74. The first kappa shape index (κ1) is 15.2. The first-order chi connectivity index (χ1) is 9.13. The number of benzene rings is 1. The molecule has 0 unspecified atom stereocenters. The third-order valence-corrected chi connectivity index (χ3v) is 2.75. The highest BCUT2D eigenvalue weighted by atomic mass is 32.1. The van der Waals surface area contributed by atoms with Gasteiger partial charge in [-0.1, -0.05) is 0 Å². The minimum Gasteiger partial charge on any atom is -0.496 e. The molecule has 0 radical (unpaired) electrons. The number of methoxy groups -OCH3 is 2. The fourth-order valence-corrected chi connectivity index (χ4v) is 1.85. The fourth-order valence-electron chi connectivity index (χ4n) is 1.65. The Balaban J connectivity index is 2.86. The molecule has 0 aromatic heterocycles. The van der Waals surface area contributed by atoms with Gasteiger partial charge in [0.25, 0.3) is 0 Å². The van der Waals surface area contributed by atoms with Gasteiger partial charge in [0.2, 0.25) is 0 Å². The predicted octanol–water partition coefficient (Wildman–Crippen LogP) is 1.83. The first-order valence-corrected chi connectivity index (χ1v) is 6.33. The standard InChI is InChI=1S/C13H19N3O2S/c1-5-14-13(19)16-15-8-10-6-7-11(17-3)9(2)12(10)18-4/h6-8H,5H2,1-4H3,(H2,14,16,19)/b15-8-. The number of rotatable bonds is 5. The highest BCUT2D eigenvalue weighted by Gasteiger charge is 2.09. The molecule has 0 atom stereocenters. The van der Waals surface area contributed by atoms with E-state index in [9.17, 15) is 0 Å². The zero-order valence-corrected chi connectivity index (χ0v) is 12.4. The predicted molar refractivity (Wildman–Crippen MR) is 81.3 cm³/mol. The lowest BCUT2D eigenvalue weighted by Gasteiger charge is -2.12. The summed E-state index contributed by atoms with van der Waals surface area (Å²) in [6, 6.07) is 3.76. The number of hydrogen-bond donors (Lipinski definition) is 2. The second-order valence-corrected chi connectivity index (χ2v) is 4.15. The van der Waals surface area contributed by atoms with Crippen molar-refractivity contribution in [3.8, 4) is 11.5 Å². The van der Waals surface area contributed by atoms with Crippen molar-refractivity contribution >= 4 is 23.5 Å². The van der Waals surface area contributed by atoms with Gasteiger partial charge in [-0.05, 0) is 38.2 Å². The molecule has 0 aliphatic heterocycles. The molecule has 0 aliphatic rings. The molecule has 6 heteroatoms. The van der Waals surface area contributed by atoms with E-state index in [1.807, 2.05) is 26.0 Å². The minimum absolute atomic E-state index is 0.489. The summed E-state index contributed by atoms with van der Waals surface area (Å²) in [5.74, 6) is 1.52. The zero-order valence-electron chi connectivity index (χ0n) is 11.6. The second kappa shape index (κ2) is 7.58. The van der Waals surface area contributed by atoms with Crippen LogP contribution in [0, 0.1) is 6.92 Å². The molecular weight excluding hydrogens is 262 g/mol. The molecule has 5 nitrogen and oxygen atoms in total. The Morgan fingerprint density at radius 1 is 1.37 bits per heavy atom. The molecule has 0 bridgehead atoms. The van der Waals surface area contributed by atoms with Crippen molar-refractivity contribution in [1.82, 2.24) is 10.7 Å².